The smallest absolute Gasteiger partial charge is 0.310 e. The van der Waals surface area contributed by atoms with Crippen LogP contribution < -0.4 is 5.32 Å². The van der Waals surface area contributed by atoms with Crippen LogP contribution in [-0.2, 0) is 9.59 Å². The second-order valence-corrected chi connectivity index (χ2v) is 6.40. The van der Waals surface area contributed by atoms with E-state index in [4.69, 9.17) is 5.11 Å². The summed E-state index contributed by atoms with van der Waals surface area (Å²) in [7, 11) is 0. The average Bonchev–Trinajstić information content (AvgIpc) is 2.85. The molecule has 1 fully saturated rings. The van der Waals surface area contributed by atoms with E-state index in [1.807, 2.05) is 6.92 Å². The highest BCUT2D eigenvalue weighted by molar-refractivity contribution is 5.80. The fourth-order valence-electron chi connectivity index (χ4n) is 2.64. The molecule has 0 aromatic rings. The maximum Gasteiger partial charge on any atom is 0.310 e. The third-order valence-electron chi connectivity index (χ3n) is 4.24. The minimum Gasteiger partial charge on any atom is -0.481 e. The molecule has 0 bridgehead atoms. The van der Waals surface area contributed by atoms with Gasteiger partial charge in [-0.3, -0.25) is 9.59 Å². The molecule has 0 radical (unpaired) electrons. The maximum absolute atomic E-state index is 12.1. The molecule has 0 spiro atoms. The predicted molar refractivity (Wildman–Crippen MR) is 74.8 cm³/mol. The third kappa shape index (κ3) is 4.84. The predicted octanol–water partition coefficient (Wildman–Crippen LogP) is 2.82. The zero-order chi connectivity index (χ0) is 14.5. The van der Waals surface area contributed by atoms with Gasteiger partial charge in [-0.05, 0) is 32.6 Å². The largest absolute Gasteiger partial charge is 0.481 e. The molecule has 0 saturated heterocycles. The van der Waals surface area contributed by atoms with Crippen LogP contribution in [0, 0.1) is 17.3 Å². The summed E-state index contributed by atoms with van der Waals surface area (Å²) < 4.78 is 0. The van der Waals surface area contributed by atoms with Crippen molar-refractivity contribution in [2.24, 2.45) is 17.3 Å². The van der Waals surface area contributed by atoms with Crippen LogP contribution in [0.4, 0.5) is 0 Å². The van der Waals surface area contributed by atoms with Crippen molar-refractivity contribution in [3.63, 3.8) is 0 Å². The molecule has 0 heterocycles. The Hall–Kier alpha value is -1.06. The Kier molecular flexibility index (Phi) is 5.83. The number of hydrogen-bond acceptors (Lipinski definition) is 2. The lowest BCUT2D eigenvalue weighted by Gasteiger charge is -2.23. The standard InChI is InChI=1S/C15H27NO3/c1-4-12(9-11-7-5-6-8-11)13(17)16-10-15(2,3)14(18)19/h11-12H,4-10H2,1-3H3,(H,16,17)(H,18,19). The highest BCUT2D eigenvalue weighted by Gasteiger charge is 2.29. The molecule has 4 heteroatoms. The van der Waals surface area contributed by atoms with E-state index in [1.54, 1.807) is 13.8 Å². The van der Waals surface area contributed by atoms with Crippen molar-refractivity contribution in [3.8, 4) is 0 Å². The number of carboxylic acid groups (broad SMARTS) is 1. The van der Waals surface area contributed by atoms with Gasteiger partial charge in [0.05, 0.1) is 5.41 Å². The van der Waals surface area contributed by atoms with Gasteiger partial charge in [-0.15, -0.1) is 0 Å². The molecule has 1 atom stereocenters. The molecule has 1 aliphatic carbocycles. The number of amides is 1. The summed E-state index contributed by atoms with van der Waals surface area (Å²) in [6, 6.07) is 0. The summed E-state index contributed by atoms with van der Waals surface area (Å²) in [6.07, 6.45) is 6.84. The second-order valence-electron chi connectivity index (χ2n) is 6.40. The second kappa shape index (κ2) is 6.92. The van der Waals surface area contributed by atoms with E-state index in [9.17, 15) is 9.59 Å². The van der Waals surface area contributed by atoms with Crippen molar-refractivity contribution in [2.45, 2.75) is 59.3 Å². The molecule has 4 nitrogen and oxygen atoms in total. The Morgan fingerprint density at radius 3 is 2.37 bits per heavy atom. The van der Waals surface area contributed by atoms with Gasteiger partial charge in [-0.1, -0.05) is 32.6 Å². The van der Waals surface area contributed by atoms with Gasteiger partial charge < -0.3 is 10.4 Å². The van der Waals surface area contributed by atoms with Crippen molar-refractivity contribution in [2.75, 3.05) is 6.54 Å². The van der Waals surface area contributed by atoms with Crippen molar-refractivity contribution in [1.82, 2.24) is 5.32 Å². The molecule has 19 heavy (non-hydrogen) atoms. The van der Waals surface area contributed by atoms with E-state index in [-0.39, 0.29) is 18.4 Å². The van der Waals surface area contributed by atoms with Crippen molar-refractivity contribution in [3.05, 3.63) is 0 Å². The first kappa shape index (κ1) is 16.0. The number of carbonyl (C=O) groups is 2. The van der Waals surface area contributed by atoms with Crippen LogP contribution >= 0.6 is 0 Å². The van der Waals surface area contributed by atoms with Crippen LogP contribution in [0.25, 0.3) is 0 Å². The summed E-state index contributed by atoms with van der Waals surface area (Å²) >= 11 is 0. The Morgan fingerprint density at radius 1 is 1.32 bits per heavy atom. The van der Waals surface area contributed by atoms with E-state index in [0.29, 0.717) is 5.92 Å². The first-order valence-electron chi connectivity index (χ1n) is 7.38. The molecule has 0 aromatic heterocycles. The van der Waals surface area contributed by atoms with E-state index in [2.05, 4.69) is 5.32 Å². The molecule has 0 aromatic carbocycles. The number of rotatable bonds is 7. The van der Waals surface area contributed by atoms with Gasteiger partial charge in [0.25, 0.3) is 0 Å². The zero-order valence-electron chi connectivity index (χ0n) is 12.4. The first-order valence-corrected chi connectivity index (χ1v) is 7.38. The molecular weight excluding hydrogens is 242 g/mol. The maximum atomic E-state index is 12.1. The fourth-order valence-corrected chi connectivity index (χ4v) is 2.64. The van der Waals surface area contributed by atoms with E-state index in [1.165, 1.54) is 25.7 Å². The Bertz CT molecular complexity index is 319. The Morgan fingerprint density at radius 2 is 1.89 bits per heavy atom. The molecule has 2 N–H and O–H groups in total. The van der Waals surface area contributed by atoms with Gasteiger partial charge in [0.15, 0.2) is 0 Å². The average molecular weight is 269 g/mol. The monoisotopic (exact) mass is 269 g/mol. The van der Waals surface area contributed by atoms with Gasteiger partial charge in [-0.25, -0.2) is 0 Å². The van der Waals surface area contributed by atoms with Crippen LogP contribution in [0.15, 0.2) is 0 Å². The number of nitrogens with one attached hydrogen (secondary N) is 1. The molecule has 1 rings (SSSR count). The fraction of sp³-hybridized carbons (Fsp3) is 0.867. The van der Waals surface area contributed by atoms with E-state index in [0.717, 1.165) is 12.8 Å². The van der Waals surface area contributed by atoms with Gasteiger partial charge in [0.2, 0.25) is 5.91 Å². The van der Waals surface area contributed by atoms with E-state index >= 15 is 0 Å². The quantitative estimate of drug-likeness (QED) is 0.747. The Balaban J connectivity index is 2.43. The molecule has 1 unspecified atom stereocenters. The van der Waals surface area contributed by atoms with E-state index < -0.39 is 11.4 Å². The SMILES string of the molecule is CCC(CC1CCCC1)C(=O)NCC(C)(C)C(=O)O. The molecule has 1 saturated carbocycles. The minimum atomic E-state index is -0.901. The van der Waals surface area contributed by atoms with Crippen LogP contribution in [0.2, 0.25) is 0 Å². The molecule has 1 amide bonds. The number of aliphatic carboxylic acids is 1. The van der Waals surface area contributed by atoms with Gasteiger partial charge >= 0.3 is 5.97 Å². The minimum absolute atomic E-state index is 0.0173. The van der Waals surface area contributed by atoms with Gasteiger partial charge in [0, 0.05) is 12.5 Å². The number of carboxylic acids is 1. The molecular formula is C15H27NO3. The van der Waals surface area contributed by atoms with Crippen LogP contribution in [0.3, 0.4) is 0 Å². The summed E-state index contributed by atoms with van der Waals surface area (Å²) in [5.74, 6) is -0.142. The zero-order valence-corrected chi connectivity index (χ0v) is 12.4. The molecule has 1 aliphatic rings. The third-order valence-corrected chi connectivity index (χ3v) is 4.24. The Labute approximate surface area is 116 Å². The summed E-state index contributed by atoms with van der Waals surface area (Å²) in [6.45, 7) is 5.49. The van der Waals surface area contributed by atoms with Crippen LogP contribution in [0.1, 0.15) is 59.3 Å². The number of carbonyl (C=O) groups excluding carboxylic acids is 1. The van der Waals surface area contributed by atoms with Crippen LogP contribution in [-0.4, -0.2) is 23.5 Å². The lowest BCUT2D eigenvalue weighted by Crippen LogP contribution is -2.41. The lowest BCUT2D eigenvalue weighted by molar-refractivity contribution is -0.146. The van der Waals surface area contributed by atoms with Gasteiger partial charge in [0.1, 0.15) is 0 Å². The molecule has 110 valence electrons. The highest BCUT2D eigenvalue weighted by Crippen LogP contribution is 2.31. The van der Waals surface area contributed by atoms with Crippen molar-refractivity contribution in [1.29, 1.82) is 0 Å². The summed E-state index contributed by atoms with van der Waals surface area (Å²) in [5, 5.41) is 11.8. The molecule has 0 aliphatic heterocycles. The van der Waals surface area contributed by atoms with Crippen molar-refractivity contribution < 1.29 is 14.7 Å². The first-order chi connectivity index (χ1) is 8.86. The van der Waals surface area contributed by atoms with Crippen LogP contribution in [0.5, 0.6) is 0 Å². The highest BCUT2D eigenvalue weighted by atomic mass is 16.4. The summed E-state index contributed by atoms with van der Waals surface area (Å²) in [4.78, 5) is 23.1. The number of hydrogen-bond donors (Lipinski definition) is 2. The van der Waals surface area contributed by atoms with Gasteiger partial charge in [-0.2, -0.15) is 0 Å². The normalized spacial score (nSPS) is 18.3. The lowest BCUT2D eigenvalue weighted by atomic mass is 9.89. The summed E-state index contributed by atoms with van der Waals surface area (Å²) in [5.41, 5.74) is -0.901. The topological polar surface area (TPSA) is 66.4 Å². The van der Waals surface area contributed by atoms with Crippen molar-refractivity contribution >= 4 is 11.9 Å².